The number of rotatable bonds is 24. The first-order chi connectivity index (χ1) is 63.6. The molecule has 0 radical (unpaired) electrons. The molecule has 0 heterocycles. The number of fused-ring (bicyclic) bond motifs is 8. The smallest absolute Gasteiger partial charge is 0.328 e. The SMILES string of the molecule is COC(=O)C(Cc1ccccc1)NC(=O)C12CC3CC(C1)CC(c1cc4c(O)c(c1)Cc1cc(C56CC7CC(CC(C(=O)NC(Cc8ccccc8)C(=O)OC)(C7)C5)C6)cc(c1O)Cc1cc(C56CC7CC(CC(C(=O)NC(Cc8ccccc8)C(=O)OC)(C7)C5)C6)cc(c1O)Cc1cc(C56CC7CC(CC(C(=O)NC(Cc8ccccc8)C(=O)OC)(C7)C5)C6)cc(c1O)C4)(C3)C2. The monoisotopic (exact) mass is 1780 g/mol. The average molecular weight is 1780 g/mol. The quantitative estimate of drug-likeness (QED) is 0.0206. The average Bonchev–Trinajstić information content (AvgIpc) is 0.716. The van der Waals surface area contributed by atoms with E-state index in [-0.39, 0.29) is 145 Å². The largest absolute Gasteiger partial charge is 0.507 e. The number of benzene rings is 8. The Morgan fingerprint density at radius 2 is 0.439 bits per heavy atom. The van der Waals surface area contributed by atoms with Crippen LogP contribution in [0.5, 0.6) is 23.0 Å². The number of hydrogen-bond acceptors (Lipinski definition) is 16. The molecule has 12 unspecified atom stereocenters. The molecule has 8 N–H and O–H groups in total. The highest BCUT2D eigenvalue weighted by atomic mass is 16.5. The lowest BCUT2D eigenvalue weighted by Crippen LogP contribution is -2.60. The summed E-state index contributed by atoms with van der Waals surface area (Å²) >= 11 is 0. The first-order valence-corrected chi connectivity index (χ1v) is 48.7. The molecule has 0 aliphatic heterocycles. The highest BCUT2D eigenvalue weighted by Crippen LogP contribution is 2.71. The summed E-state index contributed by atoms with van der Waals surface area (Å²) in [4.78, 5) is 119. The van der Waals surface area contributed by atoms with Crippen LogP contribution >= 0.6 is 0 Å². The zero-order valence-electron chi connectivity index (χ0n) is 76.4. The van der Waals surface area contributed by atoms with Crippen molar-refractivity contribution in [2.75, 3.05) is 28.4 Å². The maximum atomic E-state index is 15.8. The predicted octanol–water partition coefficient (Wildman–Crippen LogP) is 16.1. The van der Waals surface area contributed by atoms with Gasteiger partial charge in [-0.25, -0.2) is 19.2 Å². The molecule has 20 heteroatoms. The highest BCUT2D eigenvalue weighted by molar-refractivity contribution is 5.92. The molecule has 132 heavy (non-hydrogen) atoms. The molecular formula is C112H124N4O16. The number of esters is 4. The van der Waals surface area contributed by atoms with Crippen molar-refractivity contribution in [1.82, 2.24) is 21.3 Å². The Bertz CT molecular complexity index is 5060. The molecule has 25 rings (SSSR count). The topological polar surface area (TPSA) is 303 Å². The summed E-state index contributed by atoms with van der Waals surface area (Å²) in [7, 11) is 5.41. The molecular weight excluding hydrogens is 1660 g/mol. The molecule has 24 bridgehead atoms. The Morgan fingerprint density at radius 1 is 0.273 bits per heavy atom. The van der Waals surface area contributed by atoms with Crippen LogP contribution in [0.15, 0.2) is 170 Å². The van der Waals surface area contributed by atoms with Crippen LogP contribution in [0, 0.1) is 69.0 Å². The molecule has 688 valence electrons. The van der Waals surface area contributed by atoms with Crippen molar-refractivity contribution < 1.29 is 77.7 Å². The molecule has 12 atom stereocenters. The van der Waals surface area contributed by atoms with E-state index in [0.29, 0.717) is 122 Å². The molecule has 20 nitrogen and oxygen atoms in total. The number of nitrogens with one attached hydrogen (secondary N) is 4. The van der Waals surface area contributed by atoms with Crippen LogP contribution in [0.4, 0.5) is 0 Å². The molecule has 17 aliphatic carbocycles. The summed E-state index contributed by atoms with van der Waals surface area (Å²) in [5.41, 5.74) is 5.72. The van der Waals surface area contributed by atoms with Crippen molar-refractivity contribution >= 4 is 47.5 Å². The van der Waals surface area contributed by atoms with Gasteiger partial charge in [0.15, 0.2) is 0 Å². The number of amides is 4. The summed E-state index contributed by atoms with van der Waals surface area (Å²) < 4.78 is 21.7. The third-order valence-electron chi connectivity index (χ3n) is 35.5. The number of carbonyl (C=O) groups excluding carboxylic acids is 8. The lowest BCUT2D eigenvalue weighted by atomic mass is 9.42. The van der Waals surface area contributed by atoms with E-state index in [4.69, 9.17) is 18.9 Å². The van der Waals surface area contributed by atoms with Gasteiger partial charge < -0.3 is 60.6 Å². The first kappa shape index (κ1) is 87.4. The van der Waals surface area contributed by atoms with Gasteiger partial charge in [0.1, 0.15) is 47.2 Å². The molecule has 17 aliphatic rings. The fourth-order valence-corrected chi connectivity index (χ4v) is 31.6. The van der Waals surface area contributed by atoms with Crippen LogP contribution < -0.4 is 21.3 Å². The number of carbonyl (C=O) groups is 8. The molecule has 16 saturated carbocycles. The summed E-state index contributed by atoms with van der Waals surface area (Å²) in [6, 6.07) is 51.8. The minimum absolute atomic E-state index is 0.00343. The number of hydrogen-bond donors (Lipinski definition) is 8. The van der Waals surface area contributed by atoms with E-state index in [1.165, 1.54) is 28.4 Å². The molecule has 0 spiro atoms. The van der Waals surface area contributed by atoms with Crippen LogP contribution in [0.1, 0.15) is 243 Å². The van der Waals surface area contributed by atoms with Crippen molar-refractivity contribution in [1.29, 1.82) is 0 Å². The highest BCUT2D eigenvalue weighted by Gasteiger charge is 2.67. The minimum Gasteiger partial charge on any atom is -0.507 e. The Kier molecular flexibility index (Phi) is 22.1. The molecule has 0 aromatic heterocycles. The molecule has 8 aromatic rings. The minimum atomic E-state index is -0.943. The van der Waals surface area contributed by atoms with Gasteiger partial charge in [0.05, 0.1) is 50.1 Å². The Hall–Kier alpha value is -11.3. The second-order valence-corrected chi connectivity index (χ2v) is 44.3. The molecule has 4 amide bonds. The third kappa shape index (κ3) is 15.6. The van der Waals surface area contributed by atoms with Gasteiger partial charge in [-0.15, -0.1) is 0 Å². The van der Waals surface area contributed by atoms with E-state index < -0.39 is 91.4 Å². The van der Waals surface area contributed by atoms with Gasteiger partial charge in [0.2, 0.25) is 23.6 Å². The summed E-state index contributed by atoms with van der Waals surface area (Å²) in [6.45, 7) is 0. The second kappa shape index (κ2) is 33.4. The fraction of sp³-hybridized carbons (Fsp3) is 0.500. The van der Waals surface area contributed by atoms with Crippen LogP contribution in [0.3, 0.4) is 0 Å². The maximum Gasteiger partial charge on any atom is 0.328 e. The standard InChI is InChI=1S/C112H124N4O16/c1-129-97(121)89(29-65-17-9-5-10-18-65)113-101(125)109-53-69-25-70(54-109)46-105(45-69,61-109)85-37-77-33-79-39-86(106-47-71-26-72(48-106)56-110(55-71,62-106)102(126)114-90(98(122)130-2)30-66-19-11-6-12-20-66)41-81(94(79)118)35-83-43-88(108-51-75-28-76(52-108)60-112(59-75,64-108)104(128)116-92(100(124)132-4)32-68-23-15-8-16-24-68)44-84(96(83)120)36-82-42-87(40-80(95(82)119)34-78(38-85)93(77)117)107-49-73-27-74(50-107)58-111(57-73,63-107)103(127)115-91(99(123)131-3)31-67-21-13-7-14-22-67/h5-24,37-44,69-76,89-92,117-120H,25-36,45-64H2,1-4H3,(H,113,125)(H,114,126)(H,115,127)(H,116,128). The Morgan fingerprint density at radius 3 is 0.598 bits per heavy atom. The van der Waals surface area contributed by atoms with Crippen molar-refractivity contribution in [3.63, 3.8) is 0 Å². The van der Waals surface area contributed by atoms with Gasteiger partial charge >= 0.3 is 23.9 Å². The number of aromatic hydroxyl groups is 4. The molecule has 8 aromatic carbocycles. The number of ether oxygens (including phenoxy) is 4. The van der Waals surface area contributed by atoms with Crippen molar-refractivity contribution in [2.45, 2.75) is 251 Å². The second-order valence-electron chi connectivity index (χ2n) is 44.3. The summed E-state index contributed by atoms with van der Waals surface area (Å²) in [5, 5.41) is 68.9. The van der Waals surface area contributed by atoms with Gasteiger partial charge in [-0.3, -0.25) is 19.2 Å². The Labute approximate surface area is 772 Å². The zero-order chi connectivity index (χ0) is 91.2. The van der Waals surface area contributed by atoms with Gasteiger partial charge in [0, 0.05) is 51.4 Å². The van der Waals surface area contributed by atoms with E-state index in [9.17, 15) is 39.6 Å². The van der Waals surface area contributed by atoms with Gasteiger partial charge in [-0.2, -0.15) is 0 Å². The van der Waals surface area contributed by atoms with E-state index in [1.54, 1.807) is 0 Å². The fourth-order valence-electron chi connectivity index (χ4n) is 31.6. The van der Waals surface area contributed by atoms with E-state index >= 15 is 19.2 Å². The third-order valence-corrected chi connectivity index (χ3v) is 35.5. The lowest BCUT2D eigenvalue weighted by molar-refractivity contribution is -0.154. The number of phenolic OH excluding ortho intramolecular Hbond substituents is 4. The van der Waals surface area contributed by atoms with Crippen LogP contribution in [0.25, 0.3) is 0 Å². The first-order valence-electron chi connectivity index (χ1n) is 48.7. The normalized spacial score (nSPS) is 31.5. The van der Waals surface area contributed by atoms with Crippen molar-refractivity contribution in [3.05, 3.63) is 259 Å². The summed E-state index contributed by atoms with van der Waals surface area (Å²) in [6.07, 6.45) is 18.1. The van der Waals surface area contributed by atoms with Crippen molar-refractivity contribution in [3.8, 4) is 23.0 Å². The predicted molar refractivity (Wildman–Crippen MR) is 495 cm³/mol. The molecule has 0 saturated heterocycles. The lowest BCUT2D eigenvalue weighted by Gasteiger charge is -2.62. The van der Waals surface area contributed by atoms with Crippen LogP contribution in [-0.2, 0) is 130 Å². The van der Waals surface area contributed by atoms with Crippen molar-refractivity contribution in [2.24, 2.45) is 69.0 Å². The van der Waals surface area contributed by atoms with E-state index in [1.807, 2.05) is 121 Å². The van der Waals surface area contributed by atoms with Gasteiger partial charge in [-0.1, -0.05) is 170 Å². The molecule has 16 fully saturated rings. The number of methoxy groups -OCH3 is 4. The van der Waals surface area contributed by atoms with Gasteiger partial charge in [0.25, 0.3) is 0 Å². The summed E-state index contributed by atoms with van der Waals surface area (Å²) in [5.74, 6) is -1.62. The van der Waals surface area contributed by atoms with Crippen LogP contribution in [-0.4, -0.2) is 121 Å². The van der Waals surface area contributed by atoms with E-state index in [2.05, 4.69) is 69.8 Å². The number of phenols is 4. The van der Waals surface area contributed by atoms with Crippen LogP contribution in [0.2, 0.25) is 0 Å². The van der Waals surface area contributed by atoms with Gasteiger partial charge in [-0.05, 0) is 312 Å². The van der Waals surface area contributed by atoms with E-state index in [0.717, 1.165) is 122 Å². The maximum absolute atomic E-state index is 15.8. The Balaban J connectivity index is 0.726. The zero-order valence-corrected chi connectivity index (χ0v) is 76.4.